The zero-order chi connectivity index (χ0) is 20.1. The molecule has 8 heteroatoms. The number of unbranched alkanes of at least 4 members (excludes halogenated alkanes) is 1. The maximum atomic E-state index is 13.0. The largest absolute Gasteiger partial charge is 0.385 e. The van der Waals surface area contributed by atoms with Gasteiger partial charge in [-0.05, 0) is 31.0 Å². The Morgan fingerprint density at radius 3 is 2.89 bits per heavy atom. The van der Waals surface area contributed by atoms with Gasteiger partial charge in [0.25, 0.3) is 11.5 Å². The van der Waals surface area contributed by atoms with E-state index in [0.717, 1.165) is 12.8 Å². The van der Waals surface area contributed by atoms with E-state index in [1.54, 1.807) is 36.1 Å². The van der Waals surface area contributed by atoms with Gasteiger partial charge in [-0.25, -0.2) is 4.98 Å². The fourth-order valence-corrected chi connectivity index (χ4v) is 3.12. The van der Waals surface area contributed by atoms with Gasteiger partial charge in [0.2, 0.25) is 0 Å². The van der Waals surface area contributed by atoms with Gasteiger partial charge in [-0.1, -0.05) is 19.4 Å². The first-order chi connectivity index (χ1) is 13.6. The molecule has 3 aromatic rings. The highest BCUT2D eigenvalue weighted by Crippen LogP contribution is 2.11. The van der Waals surface area contributed by atoms with Gasteiger partial charge in [0, 0.05) is 33.0 Å². The molecule has 0 aliphatic rings. The second-order valence-corrected chi connectivity index (χ2v) is 6.60. The summed E-state index contributed by atoms with van der Waals surface area (Å²) in [5, 5.41) is 11.7. The van der Waals surface area contributed by atoms with Crippen molar-refractivity contribution in [2.75, 3.05) is 20.3 Å². The highest BCUT2D eigenvalue weighted by atomic mass is 16.5. The van der Waals surface area contributed by atoms with Crippen LogP contribution in [0.25, 0.3) is 16.7 Å². The molecule has 0 saturated heterocycles. The van der Waals surface area contributed by atoms with E-state index in [9.17, 15) is 9.59 Å². The van der Waals surface area contributed by atoms with Gasteiger partial charge in [0.1, 0.15) is 16.8 Å². The Morgan fingerprint density at radius 2 is 2.14 bits per heavy atom. The van der Waals surface area contributed by atoms with Crippen LogP contribution in [0.5, 0.6) is 0 Å². The van der Waals surface area contributed by atoms with Crippen LogP contribution in [0, 0.1) is 5.41 Å². The predicted octanol–water partition coefficient (Wildman–Crippen LogP) is 1.70. The summed E-state index contributed by atoms with van der Waals surface area (Å²) in [6.45, 7) is 3.51. The molecule has 148 valence electrons. The molecule has 0 unspecified atom stereocenters. The van der Waals surface area contributed by atoms with Gasteiger partial charge in [-0.15, -0.1) is 0 Å². The van der Waals surface area contributed by atoms with Crippen LogP contribution in [0.2, 0.25) is 0 Å². The third-order valence-electron chi connectivity index (χ3n) is 4.61. The lowest BCUT2D eigenvalue weighted by Gasteiger charge is -2.14. The molecular weight excluding hydrogens is 358 g/mol. The molecule has 1 amide bonds. The smallest absolute Gasteiger partial charge is 0.267 e. The van der Waals surface area contributed by atoms with Crippen molar-refractivity contribution in [3.8, 4) is 0 Å². The predicted molar refractivity (Wildman–Crippen MR) is 107 cm³/mol. The molecule has 0 bridgehead atoms. The Balaban J connectivity index is 2.21. The number of fused-ring (bicyclic) bond motifs is 2. The molecule has 0 atom stereocenters. The Bertz CT molecular complexity index is 1120. The van der Waals surface area contributed by atoms with Crippen LogP contribution < -0.4 is 16.4 Å². The third-order valence-corrected chi connectivity index (χ3v) is 4.61. The van der Waals surface area contributed by atoms with Gasteiger partial charge < -0.3 is 14.6 Å². The second kappa shape index (κ2) is 8.79. The summed E-state index contributed by atoms with van der Waals surface area (Å²) < 4.78 is 8.18. The van der Waals surface area contributed by atoms with Gasteiger partial charge in [0.15, 0.2) is 0 Å². The summed E-state index contributed by atoms with van der Waals surface area (Å²) in [5.74, 6) is -0.349. The molecule has 3 heterocycles. The molecule has 28 heavy (non-hydrogen) atoms. The Labute approximate surface area is 162 Å². The molecule has 0 aromatic carbocycles. The van der Waals surface area contributed by atoms with E-state index in [1.807, 2.05) is 6.92 Å². The molecule has 2 N–H and O–H groups in total. The van der Waals surface area contributed by atoms with E-state index in [4.69, 9.17) is 10.1 Å². The van der Waals surface area contributed by atoms with Crippen LogP contribution in [0.1, 0.15) is 36.5 Å². The number of carbonyl (C=O) groups excluding carboxylic acids is 1. The number of aromatic nitrogens is 3. The molecule has 0 radical (unpaired) electrons. The van der Waals surface area contributed by atoms with Crippen molar-refractivity contribution in [3.05, 3.63) is 51.9 Å². The lowest BCUT2D eigenvalue weighted by atomic mass is 10.2. The molecule has 3 aromatic heterocycles. The fraction of sp³-hybridized carbons (Fsp3) is 0.400. The van der Waals surface area contributed by atoms with E-state index in [-0.39, 0.29) is 22.5 Å². The molecule has 0 fully saturated rings. The fourth-order valence-electron chi connectivity index (χ4n) is 3.12. The standard InChI is InChI=1S/C20H25N5O3/c1-3-4-9-22-19(26)14-13-15-18(25(17(14)21)11-7-12-28-2)23-16-8-5-6-10-24(16)20(15)27/h5-6,8,10,13,21H,3-4,7,9,11-12H2,1-2H3,(H,22,26). The van der Waals surface area contributed by atoms with Crippen molar-refractivity contribution >= 4 is 22.6 Å². The summed E-state index contributed by atoms with van der Waals surface area (Å²) in [4.78, 5) is 30.2. The first-order valence-corrected chi connectivity index (χ1v) is 9.45. The lowest BCUT2D eigenvalue weighted by Crippen LogP contribution is -2.35. The van der Waals surface area contributed by atoms with Crippen LogP contribution in [0.3, 0.4) is 0 Å². The van der Waals surface area contributed by atoms with E-state index in [0.29, 0.717) is 42.8 Å². The number of methoxy groups -OCH3 is 1. The average molecular weight is 383 g/mol. The molecule has 0 aliphatic carbocycles. The molecule has 0 aliphatic heterocycles. The number of amides is 1. The second-order valence-electron chi connectivity index (χ2n) is 6.60. The zero-order valence-corrected chi connectivity index (χ0v) is 16.2. The van der Waals surface area contributed by atoms with Crippen LogP contribution >= 0.6 is 0 Å². The lowest BCUT2D eigenvalue weighted by molar-refractivity contribution is 0.0950. The maximum absolute atomic E-state index is 13.0. The number of nitrogens with zero attached hydrogens (tertiary/aromatic N) is 3. The maximum Gasteiger partial charge on any atom is 0.267 e. The molecule has 8 nitrogen and oxygen atoms in total. The monoisotopic (exact) mass is 383 g/mol. The number of hydrogen-bond donors (Lipinski definition) is 2. The van der Waals surface area contributed by atoms with Crippen molar-refractivity contribution in [2.24, 2.45) is 0 Å². The summed E-state index contributed by atoms with van der Waals surface area (Å²) in [7, 11) is 1.61. The average Bonchev–Trinajstić information content (AvgIpc) is 2.70. The number of aryl methyl sites for hydroxylation is 1. The molecule has 0 spiro atoms. The minimum absolute atomic E-state index is 0.0461. The van der Waals surface area contributed by atoms with Gasteiger partial charge in [-0.3, -0.25) is 19.4 Å². The summed E-state index contributed by atoms with van der Waals surface area (Å²) in [5.41, 5.74) is 0.867. The minimum atomic E-state index is -0.349. The van der Waals surface area contributed by atoms with Gasteiger partial charge in [0.05, 0.1) is 10.9 Å². The number of rotatable bonds is 8. The van der Waals surface area contributed by atoms with Gasteiger partial charge in [-0.2, -0.15) is 0 Å². The van der Waals surface area contributed by atoms with Crippen LogP contribution in [-0.2, 0) is 11.3 Å². The first kappa shape index (κ1) is 19.8. The highest BCUT2D eigenvalue weighted by molar-refractivity contribution is 5.96. The van der Waals surface area contributed by atoms with Crippen LogP contribution in [0.15, 0.2) is 35.3 Å². The van der Waals surface area contributed by atoms with E-state index < -0.39 is 0 Å². The number of nitrogens with one attached hydrogen (secondary N) is 2. The summed E-state index contributed by atoms with van der Waals surface area (Å²) >= 11 is 0. The minimum Gasteiger partial charge on any atom is -0.385 e. The summed E-state index contributed by atoms with van der Waals surface area (Å²) in [6.07, 6.45) is 4.10. The Morgan fingerprint density at radius 1 is 1.32 bits per heavy atom. The van der Waals surface area contributed by atoms with Crippen molar-refractivity contribution in [1.82, 2.24) is 19.3 Å². The normalized spacial score (nSPS) is 11.2. The van der Waals surface area contributed by atoms with Gasteiger partial charge >= 0.3 is 0 Å². The van der Waals surface area contributed by atoms with E-state index >= 15 is 0 Å². The zero-order valence-electron chi connectivity index (χ0n) is 16.2. The molecule has 0 saturated carbocycles. The number of hydrogen-bond acceptors (Lipinski definition) is 5. The topological polar surface area (TPSA) is 101 Å². The molecule has 3 rings (SSSR count). The number of carbonyl (C=O) groups is 1. The first-order valence-electron chi connectivity index (χ1n) is 9.45. The van der Waals surface area contributed by atoms with Crippen molar-refractivity contribution in [3.63, 3.8) is 0 Å². The SMILES string of the molecule is CCCCNC(=O)c1cc2c(=O)n3ccccc3nc2n(CCCOC)c1=N. The van der Waals surface area contributed by atoms with E-state index in [2.05, 4.69) is 10.3 Å². The molecular formula is C20H25N5O3. The number of pyridine rings is 2. The van der Waals surface area contributed by atoms with E-state index in [1.165, 1.54) is 10.5 Å². The Kier molecular flexibility index (Phi) is 6.20. The van der Waals surface area contributed by atoms with Crippen LogP contribution in [-0.4, -0.2) is 40.1 Å². The summed E-state index contributed by atoms with van der Waals surface area (Å²) in [6, 6.07) is 6.79. The van der Waals surface area contributed by atoms with Crippen molar-refractivity contribution < 1.29 is 9.53 Å². The van der Waals surface area contributed by atoms with Crippen molar-refractivity contribution in [2.45, 2.75) is 32.7 Å². The Hall–Kier alpha value is -3.00. The van der Waals surface area contributed by atoms with Crippen molar-refractivity contribution in [1.29, 1.82) is 5.41 Å². The number of ether oxygens (including phenoxy) is 1. The highest BCUT2D eigenvalue weighted by Gasteiger charge is 2.17. The van der Waals surface area contributed by atoms with Crippen LogP contribution in [0.4, 0.5) is 0 Å². The quantitative estimate of drug-likeness (QED) is 0.456. The third kappa shape index (κ3) is 3.82.